The molecule has 1 atom stereocenters. The molecular formula is C22H23N3O5. The molecule has 2 aromatic carbocycles. The van der Waals surface area contributed by atoms with Crippen molar-refractivity contribution in [1.29, 1.82) is 0 Å². The van der Waals surface area contributed by atoms with Gasteiger partial charge in [0.25, 0.3) is 5.91 Å². The van der Waals surface area contributed by atoms with Gasteiger partial charge in [-0.05, 0) is 37.6 Å². The molecule has 0 radical (unpaired) electrons. The van der Waals surface area contributed by atoms with Crippen LogP contribution in [0.25, 0.3) is 0 Å². The largest absolute Gasteiger partial charge is 0.496 e. The van der Waals surface area contributed by atoms with E-state index in [9.17, 15) is 19.2 Å². The molecule has 4 amide bonds. The Hall–Kier alpha value is -3.68. The molecule has 2 aromatic rings. The minimum absolute atomic E-state index is 0.203. The van der Waals surface area contributed by atoms with Crippen molar-refractivity contribution < 1.29 is 23.9 Å². The van der Waals surface area contributed by atoms with Crippen molar-refractivity contribution in [1.82, 2.24) is 10.2 Å². The number of ketones is 1. The summed E-state index contributed by atoms with van der Waals surface area (Å²) in [6, 6.07) is 13.1. The van der Waals surface area contributed by atoms with Crippen LogP contribution in [0.5, 0.6) is 5.75 Å². The molecule has 0 unspecified atom stereocenters. The quantitative estimate of drug-likeness (QED) is 0.540. The summed E-state index contributed by atoms with van der Waals surface area (Å²) in [5.74, 6) is -0.676. The predicted octanol–water partition coefficient (Wildman–Crippen LogP) is 2.39. The Morgan fingerprint density at radius 3 is 2.47 bits per heavy atom. The van der Waals surface area contributed by atoms with E-state index in [1.54, 1.807) is 37.3 Å². The smallest absolute Gasteiger partial charge is 0.325 e. The summed E-state index contributed by atoms with van der Waals surface area (Å²) in [6.45, 7) is 2.55. The molecule has 1 aliphatic heterocycles. The number of imide groups is 1. The molecule has 1 saturated heterocycles. The van der Waals surface area contributed by atoms with Crippen LogP contribution in [0.4, 0.5) is 10.5 Å². The van der Waals surface area contributed by atoms with Crippen molar-refractivity contribution in [3.05, 3.63) is 59.7 Å². The SMILES string of the molecule is COc1ccccc1C[C@@]1(C)NC(=O)N(CC(=O)Nc2ccccc2C(C)=O)C1=O. The lowest BCUT2D eigenvalue weighted by molar-refractivity contribution is -0.133. The number of anilines is 1. The molecule has 0 bridgehead atoms. The van der Waals surface area contributed by atoms with E-state index in [2.05, 4.69) is 10.6 Å². The van der Waals surface area contributed by atoms with Gasteiger partial charge < -0.3 is 15.4 Å². The number of Topliss-reactive ketones (excluding diaryl/α,β-unsaturated/α-hetero) is 1. The zero-order valence-electron chi connectivity index (χ0n) is 17.0. The zero-order valence-corrected chi connectivity index (χ0v) is 17.0. The average molecular weight is 409 g/mol. The lowest BCUT2D eigenvalue weighted by Crippen LogP contribution is -2.46. The molecule has 156 valence electrons. The number of urea groups is 1. The van der Waals surface area contributed by atoms with Gasteiger partial charge in [-0.15, -0.1) is 0 Å². The van der Waals surface area contributed by atoms with Gasteiger partial charge in [-0.1, -0.05) is 30.3 Å². The highest BCUT2D eigenvalue weighted by Crippen LogP contribution is 2.27. The number of ether oxygens (including phenoxy) is 1. The maximum atomic E-state index is 13.0. The van der Waals surface area contributed by atoms with Gasteiger partial charge in [0.15, 0.2) is 5.78 Å². The van der Waals surface area contributed by atoms with Gasteiger partial charge in [0, 0.05) is 12.0 Å². The summed E-state index contributed by atoms with van der Waals surface area (Å²) in [5, 5.41) is 5.28. The molecule has 2 N–H and O–H groups in total. The Kier molecular flexibility index (Phi) is 5.86. The molecular weight excluding hydrogens is 386 g/mol. The molecule has 3 rings (SSSR count). The van der Waals surface area contributed by atoms with Crippen LogP contribution in [0.3, 0.4) is 0 Å². The van der Waals surface area contributed by atoms with Crippen molar-refractivity contribution in [3.8, 4) is 5.75 Å². The molecule has 8 nitrogen and oxygen atoms in total. The summed E-state index contributed by atoms with van der Waals surface area (Å²) in [7, 11) is 1.53. The van der Waals surface area contributed by atoms with Crippen molar-refractivity contribution in [2.24, 2.45) is 0 Å². The van der Waals surface area contributed by atoms with E-state index in [0.29, 0.717) is 17.0 Å². The fourth-order valence-electron chi connectivity index (χ4n) is 3.47. The number of nitrogens with one attached hydrogen (secondary N) is 2. The number of benzene rings is 2. The third-order valence-corrected chi connectivity index (χ3v) is 4.96. The maximum Gasteiger partial charge on any atom is 0.325 e. The first-order valence-electron chi connectivity index (χ1n) is 9.41. The summed E-state index contributed by atoms with van der Waals surface area (Å²) in [6.07, 6.45) is 0.215. The van der Waals surface area contributed by atoms with E-state index < -0.39 is 29.9 Å². The van der Waals surface area contributed by atoms with Gasteiger partial charge >= 0.3 is 6.03 Å². The normalized spacial score (nSPS) is 18.2. The van der Waals surface area contributed by atoms with Gasteiger partial charge in [-0.25, -0.2) is 4.79 Å². The van der Waals surface area contributed by atoms with Crippen LogP contribution in [0.2, 0.25) is 0 Å². The molecule has 30 heavy (non-hydrogen) atoms. The van der Waals surface area contributed by atoms with Crippen molar-refractivity contribution in [3.63, 3.8) is 0 Å². The Bertz CT molecular complexity index is 1020. The molecule has 8 heteroatoms. The van der Waals surface area contributed by atoms with Crippen LogP contribution < -0.4 is 15.4 Å². The Morgan fingerprint density at radius 2 is 1.77 bits per heavy atom. The number of methoxy groups -OCH3 is 1. The summed E-state index contributed by atoms with van der Waals surface area (Å²) < 4.78 is 5.32. The third kappa shape index (κ3) is 4.17. The summed E-state index contributed by atoms with van der Waals surface area (Å²) >= 11 is 0. The Labute approximate surface area is 174 Å². The number of hydrogen-bond donors (Lipinski definition) is 2. The second kappa shape index (κ2) is 8.36. The van der Waals surface area contributed by atoms with Crippen LogP contribution in [0.1, 0.15) is 29.8 Å². The topological polar surface area (TPSA) is 105 Å². The number of rotatable bonds is 7. The number of nitrogens with zero attached hydrogens (tertiary/aromatic N) is 1. The number of carbonyl (C=O) groups excluding carboxylic acids is 4. The zero-order chi connectivity index (χ0) is 21.9. The second-order valence-corrected chi connectivity index (χ2v) is 7.29. The van der Waals surface area contributed by atoms with Crippen molar-refractivity contribution in [2.75, 3.05) is 19.0 Å². The van der Waals surface area contributed by atoms with Gasteiger partial charge in [0.05, 0.1) is 12.8 Å². The third-order valence-electron chi connectivity index (χ3n) is 4.96. The minimum Gasteiger partial charge on any atom is -0.496 e. The predicted molar refractivity (Wildman–Crippen MR) is 110 cm³/mol. The van der Waals surface area contributed by atoms with Gasteiger partial charge in [-0.2, -0.15) is 0 Å². The Morgan fingerprint density at radius 1 is 1.10 bits per heavy atom. The summed E-state index contributed by atoms with van der Waals surface area (Å²) in [5.41, 5.74) is 0.240. The van der Waals surface area contributed by atoms with Crippen LogP contribution in [0, 0.1) is 0 Å². The molecule has 1 heterocycles. The monoisotopic (exact) mass is 409 g/mol. The fraction of sp³-hybridized carbons (Fsp3) is 0.273. The lowest BCUT2D eigenvalue weighted by atomic mass is 9.92. The van der Waals surface area contributed by atoms with Crippen LogP contribution in [-0.2, 0) is 16.0 Å². The van der Waals surface area contributed by atoms with Crippen LogP contribution >= 0.6 is 0 Å². The highest BCUT2D eigenvalue weighted by molar-refractivity contribution is 6.11. The first kappa shape index (κ1) is 21.0. The highest BCUT2D eigenvalue weighted by Gasteiger charge is 2.48. The van der Waals surface area contributed by atoms with E-state index in [0.717, 1.165) is 10.5 Å². The molecule has 1 aliphatic rings. The fourth-order valence-corrected chi connectivity index (χ4v) is 3.47. The standard InChI is InChI=1S/C22H23N3O5/c1-14(26)16-9-5-6-10-17(16)23-19(27)13-25-20(28)22(2,24-21(25)29)12-15-8-4-7-11-18(15)30-3/h4-11H,12-13H2,1-3H3,(H,23,27)(H,24,29)/t22-/m1/s1. The number of hydrogen-bond acceptors (Lipinski definition) is 5. The first-order valence-corrected chi connectivity index (χ1v) is 9.41. The van der Waals surface area contributed by atoms with Gasteiger partial charge in [-0.3, -0.25) is 19.3 Å². The molecule has 0 spiro atoms. The van der Waals surface area contributed by atoms with Crippen LogP contribution in [-0.4, -0.2) is 47.7 Å². The van der Waals surface area contributed by atoms with E-state index >= 15 is 0 Å². The Balaban J connectivity index is 1.73. The van der Waals surface area contributed by atoms with Crippen LogP contribution in [0.15, 0.2) is 48.5 Å². The lowest BCUT2D eigenvalue weighted by Gasteiger charge is -2.22. The summed E-state index contributed by atoms with van der Waals surface area (Å²) in [4.78, 5) is 50.5. The van der Waals surface area contributed by atoms with E-state index in [-0.39, 0.29) is 12.2 Å². The van der Waals surface area contributed by atoms with Crippen molar-refractivity contribution >= 4 is 29.3 Å². The minimum atomic E-state index is -1.21. The number of para-hydroxylation sites is 2. The average Bonchev–Trinajstić information content (AvgIpc) is 2.91. The van der Waals surface area contributed by atoms with Gasteiger partial charge in [0.1, 0.15) is 17.8 Å². The van der Waals surface area contributed by atoms with E-state index in [1.165, 1.54) is 14.0 Å². The van der Waals surface area contributed by atoms with Crippen molar-refractivity contribution in [2.45, 2.75) is 25.8 Å². The van der Waals surface area contributed by atoms with E-state index in [1.807, 2.05) is 18.2 Å². The second-order valence-electron chi connectivity index (χ2n) is 7.29. The highest BCUT2D eigenvalue weighted by atomic mass is 16.5. The molecule has 1 fully saturated rings. The number of amides is 4. The molecule has 0 saturated carbocycles. The maximum absolute atomic E-state index is 13.0. The molecule has 0 aromatic heterocycles. The van der Waals surface area contributed by atoms with E-state index in [4.69, 9.17) is 4.74 Å². The van der Waals surface area contributed by atoms with Gasteiger partial charge in [0.2, 0.25) is 5.91 Å². The number of carbonyl (C=O) groups is 4. The molecule has 0 aliphatic carbocycles. The first-order chi connectivity index (χ1) is 14.2.